The van der Waals surface area contributed by atoms with E-state index < -0.39 is 0 Å². The third kappa shape index (κ3) is 2.70. The van der Waals surface area contributed by atoms with E-state index in [9.17, 15) is 9.59 Å². The van der Waals surface area contributed by atoms with Crippen LogP contribution in [0, 0.1) is 19.8 Å². The van der Waals surface area contributed by atoms with Gasteiger partial charge in [0.2, 0.25) is 11.8 Å². The van der Waals surface area contributed by atoms with Gasteiger partial charge in [0.25, 0.3) is 0 Å². The van der Waals surface area contributed by atoms with Crippen molar-refractivity contribution in [3.63, 3.8) is 0 Å². The SMILES string of the molecule is Cc1cc(C)n(CC2CC(=O)N(c3ccc(Br)cc3)C2=O)n1. The Hall–Kier alpha value is -1.95. The molecule has 1 aliphatic heterocycles. The van der Waals surface area contributed by atoms with Crippen LogP contribution in [-0.2, 0) is 16.1 Å². The number of hydrogen-bond donors (Lipinski definition) is 0. The molecule has 1 aromatic heterocycles. The summed E-state index contributed by atoms with van der Waals surface area (Å²) in [5.41, 5.74) is 2.54. The van der Waals surface area contributed by atoms with E-state index >= 15 is 0 Å². The quantitative estimate of drug-likeness (QED) is 0.789. The molecular formula is C16H16BrN3O2. The zero-order valence-electron chi connectivity index (χ0n) is 12.4. The van der Waals surface area contributed by atoms with Crippen LogP contribution >= 0.6 is 15.9 Å². The third-order valence-corrected chi connectivity index (χ3v) is 4.35. The fourth-order valence-corrected chi connectivity index (χ4v) is 3.03. The molecule has 2 aromatic rings. The van der Waals surface area contributed by atoms with Crippen LogP contribution in [0.25, 0.3) is 0 Å². The van der Waals surface area contributed by atoms with Gasteiger partial charge in [-0.1, -0.05) is 15.9 Å². The Bertz CT molecular complexity index is 736. The van der Waals surface area contributed by atoms with Gasteiger partial charge in [-0.25, -0.2) is 0 Å². The van der Waals surface area contributed by atoms with Gasteiger partial charge in [0, 0.05) is 16.6 Å². The van der Waals surface area contributed by atoms with E-state index in [1.54, 1.807) is 16.8 Å². The Labute approximate surface area is 137 Å². The summed E-state index contributed by atoms with van der Waals surface area (Å²) in [5.74, 6) is -0.659. The molecule has 0 aliphatic carbocycles. The molecule has 0 radical (unpaired) electrons. The first-order valence-corrected chi connectivity index (χ1v) is 7.88. The van der Waals surface area contributed by atoms with Gasteiger partial charge < -0.3 is 0 Å². The Morgan fingerprint density at radius 1 is 1.23 bits per heavy atom. The lowest BCUT2D eigenvalue weighted by Gasteiger charge is -2.15. The number of anilines is 1. The van der Waals surface area contributed by atoms with E-state index in [1.165, 1.54) is 4.90 Å². The molecule has 3 rings (SSSR count). The van der Waals surface area contributed by atoms with Crippen LogP contribution in [0.3, 0.4) is 0 Å². The van der Waals surface area contributed by atoms with Crippen LogP contribution in [0.5, 0.6) is 0 Å². The summed E-state index contributed by atoms with van der Waals surface area (Å²) < 4.78 is 2.71. The predicted molar refractivity (Wildman–Crippen MR) is 86.4 cm³/mol. The summed E-state index contributed by atoms with van der Waals surface area (Å²) in [5, 5.41) is 4.37. The molecule has 0 bridgehead atoms. The molecule has 0 saturated carbocycles. The molecule has 114 valence electrons. The minimum Gasteiger partial charge on any atom is -0.274 e. The highest BCUT2D eigenvalue weighted by Crippen LogP contribution is 2.28. The second-order valence-electron chi connectivity index (χ2n) is 5.55. The number of carbonyl (C=O) groups excluding carboxylic acids is 2. The van der Waals surface area contributed by atoms with Crippen molar-refractivity contribution in [2.75, 3.05) is 4.90 Å². The van der Waals surface area contributed by atoms with Crippen LogP contribution in [0.4, 0.5) is 5.69 Å². The highest BCUT2D eigenvalue weighted by atomic mass is 79.9. The first kappa shape index (κ1) is 15.0. The molecule has 1 aromatic carbocycles. The van der Waals surface area contributed by atoms with Crippen LogP contribution in [0.1, 0.15) is 17.8 Å². The van der Waals surface area contributed by atoms with Gasteiger partial charge >= 0.3 is 0 Å². The smallest absolute Gasteiger partial charge is 0.239 e. The van der Waals surface area contributed by atoms with Crippen molar-refractivity contribution < 1.29 is 9.59 Å². The zero-order valence-corrected chi connectivity index (χ0v) is 14.0. The van der Waals surface area contributed by atoms with Gasteiger partial charge in [0.15, 0.2) is 0 Å². The fraction of sp³-hybridized carbons (Fsp3) is 0.312. The summed E-state index contributed by atoms with van der Waals surface area (Å²) in [6.45, 7) is 4.31. The number of aryl methyl sites for hydroxylation is 2. The van der Waals surface area contributed by atoms with Crippen LogP contribution in [0.2, 0.25) is 0 Å². The largest absolute Gasteiger partial charge is 0.274 e. The Balaban J connectivity index is 1.82. The highest BCUT2D eigenvalue weighted by Gasteiger charge is 2.39. The maximum atomic E-state index is 12.6. The molecule has 6 heteroatoms. The number of hydrogen-bond acceptors (Lipinski definition) is 3. The van der Waals surface area contributed by atoms with E-state index in [2.05, 4.69) is 21.0 Å². The number of benzene rings is 1. The van der Waals surface area contributed by atoms with Crippen molar-refractivity contribution in [2.45, 2.75) is 26.8 Å². The summed E-state index contributed by atoms with van der Waals surface area (Å²) in [6, 6.07) is 9.15. The van der Waals surface area contributed by atoms with E-state index in [0.29, 0.717) is 12.2 Å². The van der Waals surface area contributed by atoms with Crippen molar-refractivity contribution in [1.82, 2.24) is 9.78 Å². The second kappa shape index (κ2) is 5.68. The highest BCUT2D eigenvalue weighted by molar-refractivity contribution is 9.10. The average Bonchev–Trinajstić information content (AvgIpc) is 2.92. The van der Waals surface area contributed by atoms with E-state index in [4.69, 9.17) is 0 Å². The summed E-state index contributed by atoms with van der Waals surface area (Å²) >= 11 is 3.35. The number of carbonyl (C=O) groups is 2. The standard InChI is InChI=1S/C16H16BrN3O2/c1-10-7-11(2)19(18-10)9-12-8-15(21)20(16(12)22)14-5-3-13(17)4-6-14/h3-7,12H,8-9H2,1-2H3. The maximum Gasteiger partial charge on any atom is 0.239 e. The van der Waals surface area contributed by atoms with Crippen molar-refractivity contribution in [3.05, 3.63) is 46.2 Å². The molecule has 0 N–H and O–H groups in total. The van der Waals surface area contributed by atoms with Gasteiger partial charge in [-0.05, 0) is 44.2 Å². The second-order valence-corrected chi connectivity index (χ2v) is 6.47. The lowest BCUT2D eigenvalue weighted by molar-refractivity contribution is -0.122. The lowest BCUT2D eigenvalue weighted by Crippen LogP contribution is -2.31. The molecule has 1 unspecified atom stereocenters. The zero-order chi connectivity index (χ0) is 15.9. The van der Waals surface area contributed by atoms with Crippen molar-refractivity contribution in [2.24, 2.45) is 5.92 Å². The molecule has 1 saturated heterocycles. The van der Waals surface area contributed by atoms with Crippen LogP contribution in [-0.4, -0.2) is 21.6 Å². The Kier molecular flexibility index (Phi) is 3.87. The molecule has 5 nitrogen and oxygen atoms in total. The van der Waals surface area contributed by atoms with Crippen molar-refractivity contribution in [1.29, 1.82) is 0 Å². The normalized spacial score (nSPS) is 18.3. The van der Waals surface area contributed by atoms with Crippen LogP contribution in [0.15, 0.2) is 34.8 Å². The number of halogens is 1. The first-order valence-electron chi connectivity index (χ1n) is 7.09. The molecule has 2 amide bonds. The number of rotatable bonds is 3. The number of nitrogens with zero attached hydrogens (tertiary/aromatic N) is 3. The van der Waals surface area contributed by atoms with Crippen LogP contribution < -0.4 is 4.90 Å². The molecule has 1 fully saturated rings. The van der Waals surface area contributed by atoms with Crippen molar-refractivity contribution in [3.8, 4) is 0 Å². The monoisotopic (exact) mass is 361 g/mol. The molecule has 0 spiro atoms. The lowest BCUT2D eigenvalue weighted by atomic mass is 10.1. The number of aromatic nitrogens is 2. The van der Waals surface area contributed by atoms with Gasteiger partial charge in [-0.3, -0.25) is 19.2 Å². The minimum atomic E-state index is -0.353. The van der Waals surface area contributed by atoms with Gasteiger partial charge in [-0.15, -0.1) is 0 Å². The molecule has 22 heavy (non-hydrogen) atoms. The van der Waals surface area contributed by atoms with Gasteiger partial charge in [0.1, 0.15) is 0 Å². The third-order valence-electron chi connectivity index (χ3n) is 3.82. The molecular weight excluding hydrogens is 346 g/mol. The summed E-state index contributed by atoms with van der Waals surface area (Å²) in [7, 11) is 0. The molecule has 1 atom stereocenters. The fourth-order valence-electron chi connectivity index (χ4n) is 2.77. The average molecular weight is 362 g/mol. The molecule has 2 heterocycles. The van der Waals surface area contributed by atoms with E-state index in [1.807, 2.05) is 32.0 Å². The summed E-state index contributed by atoms with van der Waals surface area (Å²) in [4.78, 5) is 26.1. The van der Waals surface area contributed by atoms with Gasteiger partial charge in [0.05, 0.1) is 23.8 Å². The minimum absolute atomic E-state index is 0.153. The number of imide groups is 1. The first-order chi connectivity index (χ1) is 10.5. The summed E-state index contributed by atoms with van der Waals surface area (Å²) in [6.07, 6.45) is 0.229. The van der Waals surface area contributed by atoms with E-state index in [0.717, 1.165) is 15.9 Å². The van der Waals surface area contributed by atoms with E-state index in [-0.39, 0.29) is 24.2 Å². The number of amides is 2. The maximum absolute atomic E-state index is 12.6. The topological polar surface area (TPSA) is 55.2 Å². The Morgan fingerprint density at radius 3 is 2.50 bits per heavy atom. The predicted octanol–water partition coefficient (Wildman–Crippen LogP) is 2.84. The van der Waals surface area contributed by atoms with Gasteiger partial charge in [-0.2, -0.15) is 5.10 Å². The Morgan fingerprint density at radius 2 is 1.91 bits per heavy atom. The van der Waals surface area contributed by atoms with Crippen molar-refractivity contribution >= 4 is 33.4 Å². The molecule has 1 aliphatic rings.